The van der Waals surface area contributed by atoms with E-state index in [9.17, 15) is 0 Å². The van der Waals surface area contributed by atoms with Crippen molar-refractivity contribution in [3.63, 3.8) is 0 Å². The molecule has 0 N–H and O–H groups in total. The molecule has 0 atom stereocenters. The minimum Gasteiger partial charge on any atom is -0.223 e. The van der Waals surface area contributed by atoms with E-state index >= 15 is 0 Å². The summed E-state index contributed by atoms with van der Waals surface area (Å²) in [5.74, 6) is 1.23. The van der Waals surface area contributed by atoms with Gasteiger partial charge in [0.1, 0.15) is 6.54 Å². The number of nitrogens with zero attached hydrogens (tertiary/aromatic N) is 2. The molecule has 1 heterocycles. The molecule has 156 valence electrons. The lowest BCUT2D eigenvalue weighted by atomic mass is 10.0. The van der Waals surface area contributed by atoms with E-state index in [0.29, 0.717) is 0 Å². The maximum Gasteiger partial charge on any atom is 0.290 e. The number of imidazole rings is 1. The van der Waals surface area contributed by atoms with Gasteiger partial charge in [0.2, 0.25) is 0 Å². The molecule has 0 aliphatic heterocycles. The van der Waals surface area contributed by atoms with Gasteiger partial charge in [-0.2, -0.15) is 0 Å². The Morgan fingerprint density at radius 3 is 1.56 bits per heavy atom. The standard InChI is InChI=1S/C30H27N2/c1-2-31-28(25-17-9-4-10-18-25)29(26-19-11-5-12-20-26)32(23-24-15-7-3-8-16-24)30(31)27-21-13-6-14-22-27/h3-22H,2,23H2,1H3/q+1. The molecule has 32 heavy (non-hydrogen) atoms. The molecular weight excluding hydrogens is 388 g/mol. The number of hydrogen-bond donors (Lipinski definition) is 0. The molecule has 0 saturated carbocycles. The summed E-state index contributed by atoms with van der Waals surface area (Å²) in [5, 5.41) is 0. The predicted octanol–water partition coefficient (Wildman–Crippen LogP) is 6.84. The molecule has 2 heteroatoms. The van der Waals surface area contributed by atoms with Crippen LogP contribution in [-0.2, 0) is 13.1 Å². The highest BCUT2D eigenvalue weighted by Crippen LogP contribution is 2.35. The highest BCUT2D eigenvalue weighted by Gasteiger charge is 2.32. The van der Waals surface area contributed by atoms with E-state index in [1.54, 1.807) is 0 Å². The fourth-order valence-corrected chi connectivity index (χ4v) is 4.52. The fraction of sp³-hybridized carbons (Fsp3) is 0.100. The Bertz CT molecular complexity index is 1290. The third kappa shape index (κ3) is 3.76. The molecule has 1 aromatic heterocycles. The zero-order chi connectivity index (χ0) is 21.8. The van der Waals surface area contributed by atoms with E-state index in [-0.39, 0.29) is 0 Å². The van der Waals surface area contributed by atoms with Gasteiger partial charge in [0.05, 0.1) is 12.1 Å². The normalized spacial score (nSPS) is 10.9. The van der Waals surface area contributed by atoms with Gasteiger partial charge in [-0.05, 0) is 24.6 Å². The van der Waals surface area contributed by atoms with Crippen LogP contribution in [0.2, 0.25) is 0 Å². The van der Waals surface area contributed by atoms with Crippen molar-refractivity contribution in [1.82, 2.24) is 4.57 Å². The molecule has 4 aromatic carbocycles. The van der Waals surface area contributed by atoms with Crippen molar-refractivity contribution in [2.45, 2.75) is 20.0 Å². The molecular formula is C30H27N2+. The monoisotopic (exact) mass is 415 g/mol. The smallest absolute Gasteiger partial charge is 0.223 e. The summed E-state index contributed by atoms with van der Waals surface area (Å²) < 4.78 is 4.96. The van der Waals surface area contributed by atoms with Crippen LogP contribution in [0.25, 0.3) is 33.9 Å². The van der Waals surface area contributed by atoms with Crippen molar-refractivity contribution >= 4 is 0 Å². The minimum absolute atomic E-state index is 0.808. The van der Waals surface area contributed by atoms with Gasteiger partial charge < -0.3 is 0 Å². The maximum absolute atomic E-state index is 2.49. The largest absolute Gasteiger partial charge is 0.290 e. The van der Waals surface area contributed by atoms with Crippen LogP contribution >= 0.6 is 0 Å². The van der Waals surface area contributed by atoms with Crippen LogP contribution in [0.1, 0.15) is 12.5 Å². The second-order valence-corrected chi connectivity index (χ2v) is 7.93. The summed E-state index contributed by atoms with van der Waals surface area (Å²) >= 11 is 0. The van der Waals surface area contributed by atoms with E-state index in [4.69, 9.17) is 0 Å². The molecule has 2 nitrogen and oxygen atoms in total. The van der Waals surface area contributed by atoms with Gasteiger partial charge in [0.25, 0.3) is 5.82 Å². The molecule has 0 saturated heterocycles. The highest BCUT2D eigenvalue weighted by molar-refractivity contribution is 5.79. The van der Waals surface area contributed by atoms with Crippen LogP contribution in [0.3, 0.4) is 0 Å². The molecule has 0 amide bonds. The topological polar surface area (TPSA) is 8.81 Å². The molecule has 0 unspecified atom stereocenters. The van der Waals surface area contributed by atoms with Gasteiger partial charge in [0, 0.05) is 11.1 Å². The molecule has 0 aliphatic rings. The summed E-state index contributed by atoms with van der Waals surface area (Å²) in [6.07, 6.45) is 0. The Labute approximate surface area is 190 Å². The average molecular weight is 416 g/mol. The lowest BCUT2D eigenvalue weighted by Crippen LogP contribution is -2.38. The zero-order valence-corrected chi connectivity index (χ0v) is 18.4. The SMILES string of the molecule is CCn1c(-c2ccccc2)c(-c2ccccc2)[n+](Cc2ccccc2)c1-c1ccccc1. The molecule has 0 aliphatic carbocycles. The van der Waals surface area contributed by atoms with Crippen molar-refractivity contribution in [2.75, 3.05) is 0 Å². The van der Waals surface area contributed by atoms with Crippen molar-refractivity contribution < 1.29 is 4.57 Å². The van der Waals surface area contributed by atoms with Crippen LogP contribution in [-0.4, -0.2) is 4.57 Å². The summed E-state index contributed by atoms with van der Waals surface area (Å²) in [7, 11) is 0. The summed E-state index contributed by atoms with van der Waals surface area (Å²) in [6, 6.07) is 43.1. The van der Waals surface area contributed by atoms with Crippen LogP contribution < -0.4 is 4.57 Å². The first-order valence-electron chi connectivity index (χ1n) is 11.2. The van der Waals surface area contributed by atoms with Crippen LogP contribution in [0.4, 0.5) is 0 Å². The summed E-state index contributed by atoms with van der Waals surface area (Å²) in [4.78, 5) is 0. The number of aromatic nitrogens is 2. The second-order valence-electron chi connectivity index (χ2n) is 7.93. The number of rotatable bonds is 6. The summed E-state index contributed by atoms with van der Waals surface area (Å²) in [5.41, 5.74) is 7.49. The van der Waals surface area contributed by atoms with Gasteiger partial charge in [-0.25, -0.2) is 9.13 Å². The lowest BCUT2D eigenvalue weighted by Gasteiger charge is -2.07. The Balaban J connectivity index is 1.88. The number of benzene rings is 4. The Morgan fingerprint density at radius 2 is 1.03 bits per heavy atom. The third-order valence-corrected chi connectivity index (χ3v) is 5.90. The molecule has 5 aromatic rings. The van der Waals surface area contributed by atoms with E-state index in [0.717, 1.165) is 13.1 Å². The Kier molecular flexibility index (Phi) is 5.67. The van der Waals surface area contributed by atoms with E-state index in [1.807, 2.05) is 0 Å². The van der Waals surface area contributed by atoms with E-state index < -0.39 is 0 Å². The molecule has 0 spiro atoms. The quantitative estimate of drug-likeness (QED) is 0.268. The average Bonchev–Trinajstić information content (AvgIpc) is 3.20. The van der Waals surface area contributed by atoms with E-state index in [1.165, 1.54) is 39.5 Å². The van der Waals surface area contributed by atoms with E-state index in [2.05, 4.69) is 137 Å². The van der Waals surface area contributed by atoms with Crippen LogP contribution in [0.15, 0.2) is 121 Å². The second kappa shape index (κ2) is 9.07. The molecule has 0 bridgehead atoms. The molecule has 0 fully saturated rings. The Hall–Kier alpha value is -3.91. The summed E-state index contributed by atoms with van der Waals surface area (Å²) in [6.45, 7) is 3.93. The first-order valence-corrected chi connectivity index (χ1v) is 11.2. The zero-order valence-electron chi connectivity index (χ0n) is 18.4. The Morgan fingerprint density at radius 1 is 0.562 bits per heavy atom. The lowest BCUT2D eigenvalue weighted by molar-refractivity contribution is -0.666. The van der Waals surface area contributed by atoms with Gasteiger partial charge in [-0.15, -0.1) is 0 Å². The van der Waals surface area contributed by atoms with Crippen molar-refractivity contribution in [3.05, 3.63) is 127 Å². The molecule has 5 rings (SSSR count). The molecule has 0 radical (unpaired) electrons. The number of hydrogen-bond acceptors (Lipinski definition) is 0. The maximum atomic E-state index is 2.49. The van der Waals surface area contributed by atoms with Gasteiger partial charge in [-0.3, -0.25) is 0 Å². The van der Waals surface area contributed by atoms with Crippen LogP contribution in [0.5, 0.6) is 0 Å². The fourth-order valence-electron chi connectivity index (χ4n) is 4.52. The van der Waals surface area contributed by atoms with Gasteiger partial charge in [-0.1, -0.05) is 109 Å². The highest BCUT2D eigenvalue weighted by atomic mass is 15.2. The third-order valence-electron chi connectivity index (χ3n) is 5.90. The van der Waals surface area contributed by atoms with Gasteiger partial charge in [0.15, 0.2) is 11.4 Å². The minimum atomic E-state index is 0.808. The predicted molar refractivity (Wildman–Crippen MR) is 132 cm³/mol. The van der Waals surface area contributed by atoms with Crippen molar-refractivity contribution in [2.24, 2.45) is 0 Å². The first kappa shape index (κ1) is 20.0. The van der Waals surface area contributed by atoms with Gasteiger partial charge >= 0.3 is 0 Å². The van der Waals surface area contributed by atoms with Crippen LogP contribution in [0, 0.1) is 0 Å². The first-order chi connectivity index (χ1) is 15.9. The van der Waals surface area contributed by atoms with Crippen molar-refractivity contribution in [1.29, 1.82) is 0 Å². The van der Waals surface area contributed by atoms with Crippen molar-refractivity contribution in [3.8, 4) is 33.9 Å².